The molecule has 0 spiro atoms. The predicted molar refractivity (Wildman–Crippen MR) is 69.7 cm³/mol. The second kappa shape index (κ2) is 6.68. The van der Waals surface area contributed by atoms with Crippen molar-refractivity contribution in [1.29, 1.82) is 0 Å². The molecule has 0 unspecified atom stereocenters. The number of hydrazine groups is 1. The SMILES string of the molecule is C#CCN1C(=O)C(F)(F)Oc2cc(F)c(NN)cc21.O=CO. The minimum Gasteiger partial charge on any atom is -0.483 e. The second-order valence-corrected chi connectivity index (χ2v) is 3.76. The number of carboxylic acid groups (broad SMARTS) is 1. The number of anilines is 2. The Morgan fingerprint density at radius 3 is 2.64 bits per heavy atom. The highest BCUT2D eigenvalue weighted by atomic mass is 19.3. The average molecular weight is 317 g/mol. The van der Waals surface area contributed by atoms with E-state index in [1.807, 2.05) is 5.43 Å². The number of nitrogens with two attached hydrogens (primary N) is 1. The van der Waals surface area contributed by atoms with Gasteiger partial charge in [-0.25, -0.2) is 4.39 Å². The molecule has 1 aromatic carbocycles. The number of hydrogen-bond acceptors (Lipinski definition) is 5. The van der Waals surface area contributed by atoms with E-state index >= 15 is 0 Å². The average Bonchev–Trinajstić information content (AvgIpc) is 2.44. The van der Waals surface area contributed by atoms with Crippen molar-refractivity contribution in [2.24, 2.45) is 5.84 Å². The summed E-state index contributed by atoms with van der Waals surface area (Å²) in [6, 6.07) is 1.77. The van der Waals surface area contributed by atoms with E-state index in [2.05, 4.69) is 10.7 Å². The van der Waals surface area contributed by atoms with Gasteiger partial charge in [-0.2, -0.15) is 8.78 Å². The molecule has 1 amide bonds. The third-order valence-electron chi connectivity index (χ3n) is 2.48. The Morgan fingerprint density at radius 2 is 2.14 bits per heavy atom. The number of nitrogens with one attached hydrogen (secondary N) is 1. The number of hydrogen-bond donors (Lipinski definition) is 3. The molecule has 0 saturated heterocycles. The number of benzene rings is 1. The van der Waals surface area contributed by atoms with Crippen LogP contribution in [-0.4, -0.2) is 30.1 Å². The van der Waals surface area contributed by atoms with Gasteiger partial charge < -0.3 is 15.3 Å². The van der Waals surface area contributed by atoms with Crippen molar-refractivity contribution < 1.29 is 32.6 Å². The fourth-order valence-electron chi connectivity index (χ4n) is 1.64. The zero-order valence-electron chi connectivity index (χ0n) is 10.8. The maximum Gasteiger partial charge on any atom is 0.483 e. The Labute approximate surface area is 122 Å². The van der Waals surface area contributed by atoms with Crippen LogP contribution < -0.4 is 20.9 Å². The van der Waals surface area contributed by atoms with Gasteiger partial charge in [0.1, 0.15) is 0 Å². The largest absolute Gasteiger partial charge is 0.483 e. The Morgan fingerprint density at radius 1 is 1.55 bits per heavy atom. The summed E-state index contributed by atoms with van der Waals surface area (Å²) in [6.07, 6.45) is 0.934. The van der Waals surface area contributed by atoms with Crippen LogP contribution in [0.15, 0.2) is 12.1 Å². The molecule has 0 aliphatic carbocycles. The van der Waals surface area contributed by atoms with Gasteiger partial charge in [-0.3, -0.25) is 20.3 Å². The highest BCUT2D eigenvalue weighted by Gasteiger charge is 2.50. The molecule has 10 heteroatoms. The molecule has 7 nitrogen and oxygen atoms in total. The number of nitrogens with zero attached hydrogens (tertiary/aromatic N) is 1. The van der Waals surface area contributed by atoms with Gasteiger partial charge in [0.05, 0.1) is 17.9 Å². The summed E-state index contributed by atoms with van der Waals surface area (Å²) in [7, 11) is 0. The van der Waals surface area contributed by atoms with Crippen LogP contribution in [-0.2, 0) is 9.59 Å². The first-order chi connectivity index (χ1) is 10.3. The molecule has 0 atom stereocenters. The first-order valence-corrected chi connectivity index (χ1v) is 5.52. The zero-order valence-corrected chi connectivity index (χ0v) is 10.8. The van der Waals surface area contributed by atoms with E-state index in [0.717, 1.165) is 6.07 Å². The monoisotopic (exact) mass is 317 g/mol. The topological polar surface area (TPSA) is 105 Å². The van der Waals surface area contributed by atoms with Crippen molar-refractivity contribution >= 4 is 23.8 Å². The van der Waals surface area contributed by atoms with Gasteiger partial charge in [0.2, 0.25) is 0 Å². The lowest BCUT2D eigenvalue weighted by atomic mass is 10.2. The Bertz CT molecular complexity index is 631. The summed E-state index contributed by atoms with van der Waals surface area (Å²) in [6.45, 7) is -0.652. The number of alkyl halides is 2. The Kier molecular flexibility index (Phi) is 5.20. The summed E-state index contributed by atoms with van der Waals surface area (Å²) in [4.78, 5) is 20.5. The lowest BCUT2D eigenvalue weighted by Gasteiger charge is -2.32. The van der Waals surface area contributed by atoms with E-state index in [1.54, 1.807) is 0 Å². The molecule has 0 bridgehead atoms. The highest BCUT2D eigenvalue weighted by molar-refractivity contribution is 6.01. The molecule has 0 saturated carbocycles. The van der Waals surface area contributed by atoms with Crippen LogP contribution >= 0.6 is 0 Å². The molecule has 4 N–H and O–H groups in total. The summed E-state index contributed by atoms with van der Waals surface area (Å²) >= 11 is 0. The quantitative estimate of drug-likeness (QED) is 0.322. The molecule has 1 aliphatic heterocycles. The number of terminal acetylenes is 1. The number of amides is 1. The minimum absolute atomic E-state index is 0.0803. The lowest BCUT2D eigenvalue weighted by Crippen LogP contribution is -2.51. The molecule has 22 heavy (non-hydrogen) atoms. The molecule has 2 rings (SSSR count). The summed E-state index contributed by atoms with van der Waals surface area (Å²) in [5.41, 5.74) is 1.78. The standard InChI is InChI=1S/C11H8F3N3O2.CH2O2/c1-2-3-17-8-5-7(16-15)6(12)4-9(8)19-11(13,14)10(17)18;2-1-3/h1,4-5,16H,3,15H2;1H,(H,2,3). The van der Waals surface area contributed by atoms with E-state index in [9.17, 15) is 18.0 Å². The normalized spacial score (nSPS) is 14.7. The molecule has 0 radical (unpaired) electrons. The van der Waals surface area contributed by atoms with Gasteiger partial charge in [-0.1, -0.05) is 5.92 Å². The number of halogens is 3. The van der Waals surface area contributed by atoms with Crippen LogP contribution in [0.5, 0.6) is 5.75 Å². The van der Waals surface area contributed by atoms with Crippen LogP contribution in [0.3, 0.4) is 0 Å². The van der Waals surface area contributed by atoms with Crippen molar-refractivity contribution in [3.63, 3.8) is 0 Å². The van der Waals surface area contributed by atoms with Crippen molar-refractivity contribution in [3.8, 4) is 18.1 Å². The number of rotatable bonds is 2. The van der Waals surface area contributed by atoms with Crippen molar-refractivity contribution in [2.75, 3.05) is 16.9 Å². The van der Waals surface area contributed by atoms with Gasteiger partial charge in [-0.05, 0) is 6.07 Å². The molecule has 0 fully saturated rings. The van der Waals surface area contributed by atoms with Crippen LogP contribution in [0, 0.1) is 18.2 Å². The number of fused-ring (bicyclic) bond motifs is 1. The van der Waals surface area contributed by atoms with Crippen molar-refractivity contribution in [1.82, 2.24) is 0 Å². The van der Waals surface area contributed by atoms with Crippen LogP contribution in [0.1, 0.15) is 0 Å². The highest BCUT2D eigenvalue weighted by Crippen LogP contribution is 2.41. The van der Waals surface area contributed by atoms with Gasteiger partial charge in [0.25, 0.3) is 6.47 Å². The first-order valence-electron chi connectivity index (χ1n) is 5.52. The predicted octanol–water partition coefficient (Wildman–Crippen LogP) is 0.764. The van der Waals surface area contributed by atoms with E-state index in [1.165, 1.54) is 0 Å². The van der Waals surface area contributed by atoms with E-state index in [4.69, 9.17) is 22.2 Å². The van der Waals surface area contributed by atoms with Gasteiger partial charge in [0.15, 0.2) is 11.6 Å². The van der Waals surface area contributed by atoms with E-state index in [0.29, 0.717) is 11.0 Å². The summed E-state index contributed by atoms with van der Waals surface area (Å²) in [5, 5.41) is 6.89. The fraction of sp³-hybridized carbons (Fsp3) is 0.167. The van der Waals surface area contributed by atoms with Crippen LogP contribution in [0.2, 0.25) is 0 Å². The third kappa shape index (κ3) is 3.21. The van der Waals surface area contributed by atoms with Crippen molar-refractivity contribution in [3.05, 3.63) is 17.9 Å². The smallest absolute Gasteiger partial charge is 0.483 e. The van der Waals surface area contributed by atoms with Gasteiger partial charge in [0, 0.05) is 6.07 Å². The van der Waals surface area contributed by atoms with Gasteiger partial charge >= 0.3 is 12.0 Å². The molecular weight excluding hydrogens is 307 g/mol. The number of nitrogen functional groups attached to an aromatic ring is 1. The van der Waals surface area contributed by atoms with E-state index < -0.39 is 30.1 Å². The number of ether oxygens (including phenoxy) is 1. The van der Waals surface area contributed by atoms with Crippen LogP contribution in [0.4, 0.5) is 24.5 Å². The third-order valence-corrected chi connectivity index (χ3v) is 2.48. The first kappa shape index (κ1) is 17.1. The van der Waals surface area contributed by atoms with E-state index in [-0.39, 0.29) is 17.8 Å². The summed E-state index contributed by atoms with van der Waals surface area (Å²) < 4.78 is 44.3. The molecule has 1 heterocycles. The molecule has 0 aromatic heterocycles. The maximum atomic E-state index is 13.4. The Hall–Kier alpha value is -2.93. The Balaban J connectivity index is 0.000000745. The molecule has 1 aromatic rings. The second-order valence-electron chi connectivity index (χ2n) is 3.76. The molecule has 1 aliphatic rings. The lowest BCUT2D eigenvalue weighted by molar-refractivity contribution is -0.192. The maximum absolute atomic E-state index is 13.4. The molecular formula is C12H10F3N3O4. The fourth-order valence-corrected chi connectivity index (χ4v) is 1.64. The van der Waals surface area contributed by atoms with Crippen LogP contribution in [0.25, 0.3) is 0 Å². The summed E-state index contributed by atoms with van der Waals surface area (Å²) in [5.74, 6) is 4.13. The number of carbonyl (C=O) groups excluding carboxylic acids is 1. The zero-order chi connectivity index (χ0) is 16.9. The van der Waals surface area contributed by atoms with Gasteiger partial charge in [-0.15, -0.1) is 6.42 Å². The van der Waals surface area contributed by atoms with Crippen molar-refractivity contribution in [2.45, 2.75) is 6.11 Å². The minimum atomic E-state index is -4.09. The molecule has 118 valence electrons. The number of carbonyl (C=O) groups is 2.